The van der Waals surface area contributed by atoms with Crippen molar-refractivity contribution in [3.63, 3.8) is 0 Å². The van der Waals surface area contributed by atoms with E-state index in [0.29, 0.717) is 27.8 Å². The number of carbonyl (C=O) groups is 1. The van der Waals surface area contributed by atoms with E-state index in [1.807, 2.05) is 6.92 Å². The summed E-state index contributed by atoms with van der Waals surface area (Å²) in [5.74, 6) is 0.287. The van der Waals surface area contributed by atoms with Crippen molar-refractivity contribution in [1.82, 2.24) is 0 Å². The molecule has 0 saturated heterocycles. The number of alkyl halides is 1. The van der Waals surface area contributed by atoms with Crippen LogP contribution in [-0.2, 0) is 5.33 Å². The summed E-state index contributed by atoms with van der Waals surface area (Å²) in [6.07, 6.45) is 0. The van der Waals surface area contributed by atoms with Gasteiger partial charge in [-0.2, -0.15) is 0 Å². The predicted octanol–water partition coefficient (Wildman–Crippen LogP) is 3.34. The van der Waals surface area contributed by atoms with Crippen LogP contribution in [-0.4, -0.2) is 18.2 Å². The second-order valence-corrected chi connectivity index (χ2v) is 4.17. The summed E-state index contributed by atoms with van der Waals surface area (Å²) in [4.78, 5) is 11.2. The molecule has 90 valence electrons. The largest absolute Gasteiger partial charge is 0.493 e. The van der Waals surface area contributed by atoms with Crippen LogP contribution in [0.25, 0.3) is 11.0 Å². The summed E-state index contributed by atoms with van der Waals surface area (Å²) >= 11 is 3.31. The van der Waals surface area contributed by atoms with Crippen molar-refractivity contribution in [1.29, 1.82) is 0 Å². The van der Waals surface area contributed by atoms with Crippen LogP contribution in [0.5, 0.6) is 5.75 Å². The van der Waals surface area contributed by atoms with E-state index in [9.17, 15) is 4.79 Å². The Morgan fingerprint density at radius 2 is 2.24 bits per heavy atom. The lowest BCUT2D eigenvalue weighted by atomic mass is 10.1. The molecule has 0 aliphatic heterocycles. The van der Waals surface area contributed by atoms with Crippen LogP contribution in [0.15, 0.2) is 16.5 Å². The Kier molecular flexibility index (Phi) is 3.11. The van der Waals surface area contributed by atoms with E-state index in [0.717, 1.165) is 5.56 Å². The minimum Gasteiger partial charge on any atom is -0.493 e. The molecule has 0 amide bonds. The van der Waals surface area contributed by atoms with Gasteiger partial charge in [0.1, 0.15) is 5.76 Å². The van der Waals surface area contributed by atoms with Gasteiger partial charge < -0.3 is 14.3 Å². The quantitative estimate of drug-likeness (QED) is 0.883. The number of aromatic carboxylic acids is 1. The van der Waals surface area contributed by atoms with Gasteiger partial charge in [0.2, 0.25) is 0 Å². The van der Waals surface area contributed by atoms with Gasteiger partial charge in [0.25, 0.3) is 0 Å². The van der Waals surface area contributed by atoms with Gasteiger partial charge in [-0.3, -0.25) is 0 Å². The van der Waals surface area contributed by atoms with E-state index < -0.39 is 5.97 Å². The molecule has 0 saturated carbocycles. The first kappa shape index (κ1) is 12.0. The molecule has 0 radical (unpaired) electrons. The van der Waals surface area contributed by atoms with Crippen LogP contribution in [0.4, 0.5) is 0 Å². The van der Waals surface area contributed by atoms with E-state index >= 15 is 0 Å². The molecule has 0 unspecified atom stereocenters. The Morgan fingerprint density at radius 1 is 1.53 bits per heavy atom. The monoisotopic (exact) mass is 298 g/mol. The van der Waals surface area contributed by atoms with Crippen molar-refractivity contribution in [2.24, 2.45) is 0 Å². The topological polar surface area (TPSA) is 59.7 Å². The third-order valence-corrected chi connectivity index (χ3v) is 3.22. The fraction of sp³-hybridized carbons (Fsp3) is 0.250. The number of furan rings is 1. The third-order valence-electron chi connectivity index (χ3n) is 2.71. The fourth-order valence-corrected chi connectivity index (χ4v) is 2.38. The minimum atomic E-state index is -0.970. The molecule has 0 aliphatic rings. The van der Waals surface area contributed by atoms with Gasteiger partial charge in [-0.1, -0.05) is 15.9 Å². The number of benzene rings is 1. The van der Waals surface area contributed by atoms with E-state index in [4.69, 9.17) is 14.3 Å². The van der Waals surface area contributed by atoms with Crippen LogP contribution < -0.4 is 4.74 Å². The first-order valence-electron chi connectivity index (χ1n) is 4.98. The van der Waals surface area contributed by atoms with Gasteiger partial charge in [-0.15, -0.1) is 0 Å². The number of fused-ring (bicyclic) bond motifs is 1. The summed E-state index contributed by atoms with van der Waals surface area (Å²) in [6.45, 7) is 1.84. The maximum Gasteiger partial charge on any atom is 0.336 e. The molecule has 0 bridgehead atoms. The molecule has 0 atom stereocenters. The van der Waals surface area contributed by atoms with Crippen LogP contribution in [0.2, 0.25) is 0 Å². The summed E-state index contributed by atoms with van der Waals surface area (Å²) in [6, 6.07) is 3.14. The lowest BCUT2D eigenvalue weighted by molar-refractivity contribution is 0.0699. The summed E-state index contributed by atoms with van der Waals surface area (Å²) in [5.41, 5.74) is 1.54. The molecule has 0 fully saturated rings. The van der Waals surface area contributed by atoms with Crippen molar-refractivity contribution >= 4 is 32.9 Å². The molecule has 1 aromatic carbocycles. The van der Waals surface area contributed by atoms with Gasteiger partial charge in [0, 0.05) is 10.9 Å². The molecule has 5 heteroatoms. The summed E-state index contributed by atoms with van der Waals surface area (Å²) in [7, 11) is 1.53. The van der Waals surface area contributed by atoms with Gasteiger partial charge in [0.05, 0.1) is 18.0 Å². The van der Waals surface area contributed by atoms with Crippen LogP contribution in [0, 0.1) is 6.92 Å². The number of carboxylic acids is 1. The van der Waals surface area contributed by atoms with Gasteiger partial charge >= 0.3 is 5.97 Å². The number of ether oxygens (including phenoxy) is 1. The number of halogens is 1. The molecule has 4 nitrogen and oxygen atoms in total. The van der Waals surface area contributed by atoms with Crippen molar-refractivity contribution in [2.75, 3.05) is 7.11 Å². The van der Waals surface area contributed by atoms with Gasteiger partial charge in [0.15, 0.2) is 11.3 Å². The highest BCUT2D eigenvalue weighted by Gasteiger charge is 2.20. The fourth-order valence-electron chi connectivity index (χ4n) is 1.84. The first-order valence-corrected chi connectivity index (χ1v) is 6.10. The zero-order valence-electron chi connectivity index (χ0n) is 9.41. The number of methoxy groups -OCH3 is 1. The molecular weight excluding hydrogens is 288 g/mol. The number of hydrogen-bond acceptors (Lipinski definition) is 3. The van der Waals surface area contributed by atoms with Gasteiger partial charge in [-0.25, -0.2) is 4.79 Å². The number of hydrogen-bond donors (Lipinski definition) is 1. The molecule has 1 aromatic heterocycles. The summed E-state index contributed by atoms with van der Waals surface area (Å²) in [5, 5.41) is 10.3. The highest BCUT2D eigenvalue weighted by Crippen LogP contribution is 2.35. The lowest BCUT2D eigenvalue weighted by Crippen LogP contribution is -1.98. The predicted molar refractivity (Wildman–Crippen MR) is 67.1 cm³/mol. The Labute approximate surface area is 106 Å². The van der Waals surface area contributed by atoms with Crippen LogP contribution in [0.3, 0.4) is 0 Å². The van der Waals surface area contributed by atoms with Gasteiger partial charge in [-0.05, 0) is 19.1 Å². The Bertz CT molecular complexity index is 586. The molecule has 1 heterocycles. The number of aryl methyl sites for hydroxylation is 1. The molecular formula is C12H11BrO4. The number of carboxylic acid groups (broad SMARTS) is 1. The second-order valence-electron chi connectivity index (χ2n) is 3.61. The Hall–Kier alpha value is -1.49. The minimum absolute atomic E-state index is 0.231. The maximum atomic E-state index is 11.2. The first-order chi connectivity index (χ1) is 8.10. The van der Waals surface area contributed by atoms with Crippen molar-refractivity contribution in [3.05, 3.63) is 29.0 Å². The zero-order valence-corrected chi connectivity index (χ0v) is 11.0. The number of rotatable bonds is 3. The zero-order chi connectivity index (χ0) is 12.6. The highest BCUT2D eigenvalue weighted by atomic mass is 79.9. The second kappa shape index (κ2) is 4.41. The standard InChI is InChI=1S/C12H11BrO4/c1-6-9(5-13)17-11-8(16-2)4-3-7(10(6)11)12(14)15/h3-4H,5H2,1-2H3,(H,14,15). The van der Waals surface area contributed by atoms with E-state index in [1.54, 1.807) is 6.07 Å². The molecule has 1 N–H and O–H groups in total. The third kappa shape index (κ3) is 1.80. The molecule has 0 spiro atoms. The molecule has 0 aliphatic carbocycles. The summed E-state index contributed by atoms with van der Waals surface area (Å²) < 4.78 is 10.8. The average molecular weight is 299 g/mol. The SMILES string of the molecule is COc1ccc(C(=O)O)c2c(C)c(CBr)oc12. The highest BCUT2D eigenvalue weighted by molar-refractivity contribution is 9.08. The Balaban J connectivity index is 2.88. The maximum absolute atomic E-state index is 11.2. The van der Waals surface area contributed by atoms with Crippen LogP contribution >= 0.6 is 15.9 Å². The van der Waals surface area contributed by atoms with E-state index in [1.165, 1.54) is 13.2 Å². The van der Waals surface area contributed by atoms with Crippen molar-refractivity contribution < 1.29 is 19.1 Å². The van der Waals surface area contributed by atoms with E-state index in [-0.39, 0.29) is 5.56 Å². The van der Waals surface area contributed by atoms with Crippen molar-refractivity contribution in [2.45, 2.75) is 12.3 Å². The van der Waals surface area contributed by atoms with E-state index in [2.05, 4.69) is 15.9 Å². The molecule has 17 heavy (non-hydrogen) atoms. The lowest BCUT2D eigenvalue weighted by Gasteiger charge is -2.02. The Morgan fingerprint density at radius 3 is 2.76 bits per heavy atom. The smallest absolute Gasteiger partial charge is 0.336 e. The average Bonchev–Trinajstić information content (AvgIpc) is 2.65. The van der Waals surface area contributed by atoms with Crippen LogP contribution in [0.1, 0.15) is 21.7 Å². The van der Waals surface area contributed by atoms with Crippen molar-refractivity contribution in [3.8, 4) is 5.75 Å². The molecule has 2 aromatic rings. The molecule has 2 rings (SSSR count). The normalized spacial score (nSPS) is 10.8.